The summed E-state index contributed by atoms with van der Waals surface area (Å²) in [6, 6.07) is 7.39. The van der Waals surface area contributed by atoms with Crippen LogP contribution in [0.2, 0.25) is 5.02 Å². The molecule has 0 aromatic heterocycles. The Morgan fingerprint density at radius 1 is 1.40 bits per heavy atom. The first-order chi connectivity index (χ1) is 7.24. The number of ether oxygens (including phenoxy) is 1. The van der Waals surface area contributed by atoms with Crippen LogP contribution in [0.4, 0.5) is 0 Å². The lowest BCUT2D eigenvalue weighted by Gasteiger charge is -2.27. The molecule has 3 N–H and O–H groups in total. The van der Waals surface area contributed by atoms with Crippen LogP contribution < -0.4 is 15.8 Å². The molecule has 0 saturated carbocycles. The summed E-state index contributed by atoms with van der Waals surface area (Å²) >= 11 is 5.80. The molecule has 0 bridgehead atoms. The largest absolute Gasteiger partial charge is 0.485 e. The summed E-state index contributed by atoms with van der Waals surface area (Å²) in [4.78, 5) is 0. The quantitative estimate of drug-likeness (QED) is 0.820. The Bertz CT molecular complexity index is 320. The van der Waals surface area contributed by atoms with E-state index in [1.54, 1.807) is 0 Å². The van der Waals surface area contributed by atoms with Gasteiger partial charge in [-0.3, -0.25) is 0 Å². The van der Waals surface area contributed by atoms with Gasteiger partial charge in [-0.05, 0) is 30.8 Å². The van der Waals surface area contributed by atoms with Gasteiger partial charge < -0.3 is 15.8 Å². The summed E-state index contributed by atoms with van der Waals surface area (Å²) in [6.45, 7) is 2.31. The van der Waals surface area contributed by atoms with Crippen LogP contribution in [-0.4, -0.2) is 25.2 Å². The van der Waals surface area contributed by atoms with Gasteiger partial charge in [0, 0.05) is 24.5 Å². The van der Waals surface area contributed by atoms with Crippen LogP contribution in [0.3, 0.4) is 0 Å². The number of nitrogens with two attached hydrogens (primary N) is 1. The molecule has 1 fully saturated rings. The molecule has 1 atom stereocenters. The van der Waals surface area contributed by atoms with Gasteiger partial charge in [-0.15, -0.1) is 0 Å². The smallest absolute Gasteiger partial charge is 0.135 e. The predicted octanol–water partition coefficient (Wildman–Crippen LogP) is 1.41. The van der Waals surface area contributed by atoms with Gasteiger partial charge in [0.15, 0.2) is 0 Å². The van der Waals surface area contributed by atoms with Crippen LogP contribution in [0, 0.1) is 0 Å². The SMILES string of the molecule is NCC1(Oc2ccc(Cl)cc2)CCNC1. The second-order valence-electron chi connectivity index (χ2n) is 3.87. The number of rotatable bonds is 3. The summed E-state index contributed by atoms with van der Waals surface area (Å²) in [5.74, 6) is 0.827. The van der Waals surface area contributed by atoms with Crippen LogP contribution in [0.15, 0.2) is 24.3 Å². The van der Waals surface area contributed by atoms with Crippen molar-refractivity contribution in [2.45, 2.75) is 12.0 Å². The van der Waals surface area contributed by atoms with Gasteiger partial charge in [0.05, 0.1) is 0 Å². The molecule has 0 aliphatic carbocycles. The first-order valence-corrected chi connectivity index (χ1v) is 5.47. The minimum Gasteiger partial charge on any atom is -0.485 e. The maximum absolute atomic E-state index is 5.92. The number of hydrogen-bond acceptors (Lipinski definition) is 3. The first kappa shape index (κ1) is 10.7. The van der Waals surface area contributed by atoms with E-state index in [0.29, 0.717) is 11.6 Å². The lowest BCUT2D eigenvalue weighted by atomic mass is 10.0. The molecule has 1 saturated heterocycles. The zero-order valence-electron chi connectivity index (χ0n) is 8.50. The van der Waals surface area contributed by atoms with E-state index in [4.69, 9.17) is 22.1 Å². The molecular weight excluding hydrogens is 212 g/mol. The van der Waals surface area contributed by atoms with Gasteiger partial charge in [0.2, 0.25) is 0 Å². The molecule has 1 unspecified atom stereocenters. The number of halogens is 1. The van der Waals surface area contributed by atoms with Crippen molar-refractivity contribution in [3.05, 3.63) is 29.3 Å². The Kier molecular flexibility index (Phi) is 3.14. The highest BCUT2D eigenvalue weighted by Crippen LogP contribution is 2.24. The third kappa shape index (κ3) is 2.43. The van der Waals surface area contributed by atoms with Crippen molar-refractivity contribution in [3.63, 3.8) is 0 Å². The fourth-order valence-corrected chi connectivity index (χ4v) is 1.90. The van der Waals surface area contributed by atoms with Crippen molar-refractivity contribution < 1.29 is 4.74 Å². The van der Waals surface area contributed by atoms with E-state index in [1.165, 1.54) is 0 Å². The third-order valence-electron chi connectivity index (χ3n) is 2.72. The van der Waals surface area contributed by atoms with E-state index in [9.17, 15) is 0 Å². The molecule has 1 aromatic rings. The molecule has 3 nitrogen and oxygen atoms in total. The molecule has 0 amide bonds. The highest BCUT2D eigenvalue weighted by molar-refractivity contribution is 6.30. The van der Waals surface area contributed by atoms with E-state index >= 15 is 0 Å². The standard InChI is InChI=1S/C11H15ClN2O/c12-9-1-3-10(4-2-9)15-11(7-13)5-6-14-8-11/h1-4,14H,5-8,13H2. The fourth-order valence-electron chi connectivity index (χ4n) is 1.78. The Hall–Kier alpha value is -0.770. The highest BCUT2D eigenvalue weighted by Gasteiger charge is 2.34. The van der Waals surface area contributed by atoms with Gasteiger partial charge in [0.1, 0.15) is 11.4 Å². The maximum Gasteiger partial charge on any atom is 0.135 e. The van der Waals surface area contributed by atoms with E-state index in [-0.39, 0.29) is 5.60 Å². The normalized spacial score (nSPS) is 25.5. The van der Waals surface area contributed by atoms with Gasteiger partial charge in [-0.1, -0.05) is 11.6 Å². The Balaban J connectivity index is 2.09. The number of nitrogens with one attached hydrogen (secondary N) is 1. The molecule has 1 aliphatic rings. The maximum atomic E-state index is 5.92. The zero-order chi connectivity index (χ0) is 10.7. The molecule has 4 heteroatoms. The summed E-state index contributed by atoms with van der Waals surface area (Å²) in [5, 5.41) is 3.98. The van der Waals surface area contributed by atoms with Crippen molar-refractivity contribution in [1.82, 2.24) is 5.32 Å². The molecule has 1 aliphatic heterocycles. The van der Waals surface area contributed by atoms with Gasteiger partial charge in [-0.2, -0.15) is 0 Å². The Labute approximate surface area is 94.6 Å². The summed E-state index contributed by atoms with van der Waals surface area (Å²) < 4.78 is 5.92. The topological polar surface area (TPSA) is 47.3 Å². The predicted molar refractivity (Wildman–Crippen MR) is 61.4 cm³/mol. The third-order valence-corrected chi connectivity index (χ3v) is 2.98. The van der Waals surface area contributed by atoms with Gasteiger partial charge in [-0.25, -0.2) is 0 Å². The summed E-state index contributed by atoms with van der Waals surface area (Å²) in [7, 11) is 0. The van der Waals surface area contributed by atoms with E-state index < -0.39 is 0 Å². The lowest BCUT2D eigenvalue weighted by molar-refractivity contribution is 0.0991. The van der Waals surface area contributed by atoms with Crippen LogP contribution in [0.1, 0.15) is 6.42 Å². The van der Waals surface area contributed by atoms with Crippen molar-refractivity contribution in [1.29, 1.82) is 0 Å². The lowest BCUT2D eigenvalue weighted by Crippen LogP contribution is -2.45. The Morgan fingerprint density at radius 2 is 2.13 bits per heavy atom. The van der Waals surface area contributed by atoms with Crippen molar-refractivity contribution in [2.75, 3.05) is 19.6 Å². The monoisotopic (exact) mass is 226 g/mol. The van der Waals surface area contributed by atoms with Crippen LogP contribution in [0.5, 0.6) is 5.75 Å². The van der Waals surface area contributed by atoms with Gasteiger partial charge >= 0.3 is 0 Å². The molecule has 0 spiro atoms. The van der Waals surface area contributed by atoms with Crippen molar-refractivity contribution in [2.24, 2.45) is 5.73 Å². The van der Waals surface area contributed by atoms with E-state index in [1.807, 2.05) is 24.3 Å². The van der Waals surface area contributed by atoms with Gasteiger partial charge in [0.25, 0.3) is 0 Å². The molecule has 15 heavy (non-hydrogen) atoms. The average molecular weight is 227 g/mol. The Morgan fingerprint density at radius 3 is 2.67 bits per heavy atom. The zero-order valence-corrected chi connectivity index (χ0v) is 9.26. The second kappa shape index (κ2) is 4.39. The average Bonchev–Trinajstić information content (AvgIpc) is 2.71. The van der Waals surface area contributed by atoms with Crippen molar-refractivity contribution in [3.8, 4) is 5.75 Å². The highest BCUT2D eigenvalue weighted by atomic mass is 35.5. The molecule has 1 aromatic carbocycles. The van der Waals surface area contributed by atoms with E-state index in [2.05, 4.69) is 5.32 Å². The molecule has 2 rings (SSSR count). The minimum absolute atomic E-state index is 0.242. The molecular formula is C11H15ClN2O. The van der Waals surface area contributed by atoms with Crippen LogP contribution >= 0.6 is 11.6 Å². The second-order valence-corrected chi connectivity index (χ2v) is 4.31. The van der Waals surface area contributed by atoms with Crippen LogP contribution in [-0.2, 0) is 0 Å². The van der Waals surface area contributed by atoms with Crippen molar-refractivity contribution >= 4 is 11.6 Å². The number of hydrogen-bond donors (Lipinski definition) is 2. The molecule has 82 valence electrons. The molecule has 0 radical (unpaired) electrons. The fraction of sp³-hybridized carbons (Fsp3) is 0.455. The first-order valence-electron chi connectivity index (χ1n) is 5.09. The summed E-state index contributed by atoms with van der Waals surface area (Å²) in [5.41, 5.74) is 5.51. The molecule has 1 heterocycles. The van der Waals surface area contributed by atoms with E-state index in [0.717, 1.165) is 25.3 Å². The number of benzene rings is 1. The van der Waals surface area contributed by atoms with Crippen LogP contribution in [0.25, 0.3) is 0 Å². The minimum atomic E-state index is -0.242. The summed E-state index contributed by atoms with van der Waals surface area (Å²) in [6.07, 6.45) is 0.951.